The van der Waals surface area contributed by atoms with E-state index in [2.05, 4.69) is 62.8 Å². The molecule has 0 aliphatic heterocycles. The van der Waals surface area contributed by atoms with Gasteiger partial charge in [-0.2, -0.15) is 11.8 Å². The number of hydrogen-bond acceptors (Lipinski definition) is 15. The maximum absolute atomic E-state index is 14.4. The Hall–Kier alpha value is -8.51. The third-order valence-electron chi connectivity index (χ3n) is 13.3. The molecular weight excluding hydrogens is 1110 g/mol. The topological polar surface area (TPSA) is 502 Å². The number of guanidine groups is 2. The van der Waals surface area contributed by atoms with Crippen molar-refractivity contribution in [2.45, 2.75) is 132 Å². The Morgan fingerprint density at radius 2 is 0.952 bits per heavy atom. The van der Waals surface area contributed by atoms with E-state index in [0.29, 0.717) is 30.7 Å². The highest BCUT2D eigenvalue weighted by Crippen LogP contribution is 2.20. The van der Waals surface area contributed by atoms with Crippen LogP contribution in [0, 0.1) is 0 Å². The van der Waals surface area contributed by atoms with Gasteiger partial charge >= 0.3 is 0 Å². The van der Waals surface area contributed by atoms with Gasteiger partial charge in [-0.3, -0.25) is 57.9 Å². The van der Waals surface area contributed by atoms with Crippen LogP contribution in [0.25, 0.3) is 10.9 Å². The lowest BCUT2D eigenvalue weighted by atomic mass is 10.0. The van der Waals surface area contributed by atoms with Gasteiger partial charge in [-0.25, -0.2) is 0 Å². The van der Waals surface area contributed by atoms with Crippen molar-refractivity contribution < 1.29 is 47.9 Å². The van der Waals surface area contributed by atoms with Crippen molar-refractivity contribution in [2.75, 3.05) is 45.7 Å². The number of likely N-dealkylation sites (N-methyl/N-ethyl adjacent to an activating group) is 2. The highest BCUT2D eigenvalue weighted by molar-refractivity contribution is 7.98. The molecule has 3 rings (SSSR count). The minimum absolute atomic E-state index is 0.0225. The van der Waals surface area contributed by atoms with Crippen molar-refractivity contribution in [1.29, 1.82) is 0 Å². The Morgan fingerprint density at radius 1 is 0.500 bits per heavy atom. The summed E-state index contributed by atoms with van der Waals surface area (Å²) < 4.78 is 0. The van der Waals surface area contributed by atoms with Crippen LogP contribution in [0.15, 0.2) is 70.8 Å². The number of thioether (sulfide) groups is 1. The van der Waals surface area contributed by atoms with E-state index in [1.165, 1.54) is 18.8 Å². The van der Waals surface area contributed by atoms with Crippen LogP contribution >= 0.6 is 11.8 Å². The molecule has 10 amide bonds. The number of aromatic amines is 1. The largest absolute Gasteiger partial charge is 0.370 e. The van der Waals surface area contributed by atoms with Crippen molar-refractivity contribution in [1.82, 2.24) is 52.8 Å². The van der Waals surface area contributed by atoms with E-state index in [4.69, 9.17) is 40.1 Å². The molecule has 0 unspecified atom stereocenters. The zero-order valence-corrected chi connectivity index (χ0v) is 48.7. The van der Waals surface area contributed by atoms with Gasteiger partial charge in [0.1, 0.15) is 42.3 Å². The first-order chi connectivity index (χ1) is 40.1. The molecule has 0 fully saturated rings. The first-order valence-corrected chi connectivity index (χ1v) is 29.0. The first-order valence-electron chi connectivity index (χ1n) is 27.6. The van der Waals surface area contributed by atoms with E-state index in [9.17, 15) is 47.9 Å². The lowest BCUT2D eigenvalue weighted by Crippen LogP contribution is -2.60. The molecule has 0 saturated heterocycles. The van der Waals surface area contributed by atoms with E-state index in [-0.39, 0.29) is 76.4 Å². The summed E-state index contributed by atoms with van der Waals surface area (Å²) in [6, 6.07) is 5.64. The average molecular weight is 1190 g/mol. The fraction of sp³-hybridized carbons (Fsp3) is 0.519. The number of amides is 10. The molecule has 0 spiro atoms. The molecular formula is C54H85N19O10S. The van der Waals surface area contributed by atoms with Gasteiger partial charge in [0.2, 0.25) is 59.1 Å². The molecule has 24 N–H and O–H groups in total. The summed E-state index contributed by atoms with van der Waals surface area (Å²) >= 11 is 1.40. The molecule has 29 nitrogen and oxygen atoms in total. The van der Waals surface area contributed by atoms with Crippen molar-refractivity contribution in [3.63, 3.8) is 0 Å². The van der Waals surface area contributed by atoms with Crippen LogP contribution in [0.5, 0.6) is 0 Å². The summed E-state index contributed by atoms with van der Waals surface area (Å²) in [5.41, 5.74) is 41.2. The number of hydrogen-bond donors (Lipinski definition) is 17. The van der Waals surface area contributed by atoms with Gasteiger partial charge in [-0.05, 0) is 107 Å². The monoisotopic (exact) mass is 1190 g/mol. The smallest absolute Gasteiger partial charge is 0.243 e. The molecule has 0 radical (unpaired) electrons. The van der Waals surface area contributed by atoms with E-state index < -0.39 is 127 Å². The number of benzene rings is 2. The van der Waals surface area contributed by atoms with E-state index in [1.54, 1.807) is 49.8 Å². The number of nitrogens with two attached hydrogens (primary N) is 7. The summed E-state index contributed by atoms with van der Waals surface area (Å²) in [4.78, 5) is 148. The number of rotatable bonds is 40. The number of carbonyl (C=O) groups is 10. The number of para-hydroxylation sites is 1. The van der Waals surface area contributed by atoms with Gasteiger partial charge < -0.3 is 93.0 Å². The van der Waals surface area contributed by atoms with Crippen LogP contribution in [-0.2, 0) is 60.8 Å². The van der Waals surface area contributed by atoms with Crippen LogP contribution in [0.2, 0.25) is 0 Å². The minimum atomic E-state index is -1.82. The number of H-pyrrole nitrogens is 1. The molecule has 1 heterocycles. The van der Waals surface area contributed by atoms with Gasteiger partial charge in [-0.1, -0.05) is 48.5 Å². The summed E-state index contributed by atoms with van der Waals surface area (Å²) in [6.45, 7) is 0.361. The lowest BCUT2D eigenvalue weighted by Gasteiger charge is -2.28. The van der Waals surface area contributed by atoms with Gasteiger partial charge in [0, 0.05) is 50.1 Å². The van der Waals surface area contributed by atoms with E-state index in [0.717, 1.165) is 16.5 Å². The van der Waals surface area contributed by atoms with Crippen LogP contribution in [0.4, 0.5) is 0 Å². The SMILES string of the molecule is CNC(=O)[C@H](CCCCN)NC(=O)[C@H](CCSC)NC(=O)[C@H](CCCN=C(N)N)NC(=O)[C@H](CCCN=C(N)N)NC(=O)[C@H](CC(N)=O)NC(=O)[C@H](CCC(N)=O)NC(=O)[C@H](Cc1ccccc1)NC(=O)[C@H](Cc1c[nH]c2ccccc12)NC. The lowest BCUT2D eigenvalue weighted by molar-refractivity contribution is -0.136. The maximum Gasteiger partial charge on any atom is 0.243 e. The molecule has 8 atom stereocenters. The number of unbranched alkanes of at least 4 members (excludes halogenated alkanes) is 1. The quantitative estimate of drug-likeness (QED) is 0.0146. The summed E-state index contributed by atoms with van der Waals surface area (Å²) in [7, 11) is 3.02. The molecule has 1 aromatic heterocycles. The summed E-state index contributed by atoms with van der Waals surface area (Å²) in [5, 5.41) is 24.8. The Kier molecular flexibility index (Phi) is 31.2. The Bertz CT molecular complexity index is 2720. The third-order valence-corrected chi connectivity index (χ3v) is 13.9. The standard InChI is InChI=1S/C54H85N19O10S/c1-62-40(28-32-30-66-34-16-8-7-15-33(32)34)50(81)72-41(27-31-13-5-4-6-14-31)51(82)70-38(20-21-43(56)74)48(79)73-42(29-44(57)75)52(83)69-37(19-12-25-65-54(60)61)46(77)68-36(18-11-24-64-53(58)59)47(78)71-39(22-26-84-3)49(80)67-35(45(76)63-2)17-9-10-23-55/h4-8,13-16,30,35-42,62,66H,9-12,17-29,55H2,1-3H3,(H2,56,74)(H2,57,75)(H,63,76)(H,67,80)(H,68,77)(H,69,83)(H,70,82)(H,71,78)(H,72,81)(H,73,79)(H4,58,59,64)(H4,60,61,65)/t35-,36-,37-,38-,39-,40-,41-,42-/m0/s1. The van der Waals surface area contributed by atoms with Crippen molar-refractivity contribution in [3.05, 3.63) is 71.9 Å². The van der Waals surface area contributed by atoms with Crippen molar-refractivity contribution in [2.24, 2.45) is 50.1 Å². The van der Waals surface area contributed by atoms with Gasteiger partial charge in [0.25, 0.3) is 0 Å². The number of aliphatic imine (C=N–C) groups is 2. The zero-order chi connectivity index (χ0) is 62.1. The van der Waals surface area contributed by atoms with E-state index in [1.807, 2.05) is 24.3 Å². The number of carbonyl (C=O) groups excluding carboxylic acids is 10. The number of primary amides is 2. The van der Waals surface area contributed by atoms with Crippen LogP contribution in [-0.4, -0.2) is 170 Å². The second-order valence-electron chi connectivity index (χ2n) is 19.8. The fourth-order valence-electron chi connectivity index (χ4n) is 8.76. The molecule has 462 valence electrons. The van der Waals surface area contributed by atoms with Crippen molar-refractivity contribution in [3.8, 4) is 0 Å². The first kappa shape index (κ1) is 69.8. The Morgan fingerprint density at radius 3 is 1.45 bits per heavy atom. The normalized spacial score (nSPS) is 13.8. The molecule has 0 aliphatic carbocycles. The minimum Gasteiger partial charge on any atom is -0.370 e. The molecule has 0 bridgehead atoms. The van der Waals surface area contributed by atoms with Crippen molar-refractivity contribution >= 4 is 93.7 Å². The number of nitrogens with zero attached hydrogens (tertiary/aromatic N) is 2. The molecule has 0 saturated carbocycles. The third kappa shape index (κ3) is 25.3. The van der Waals surface area contributed by atoms with Gasteiger partial charge in [-0.15, -0.1) is 0 Å². The highest BCUT2D eigenvalue weighted by Gasteiger charge is 2.35. The summed E-state index contributed by atoms with van der Waals surface area (Å²) in [5.74, 6) is -8.51. The van der Waals surface area contributed by atoms with Crippen LogP contribution in [0.3, 0.4) is 0 Å². The summed E-state index contributed by atoms with van der Waals surface area (Å²) in [6.07, 6.45) is 3.48. The number of nitrogens with one attached hydrogen (secondary N) is 10. The van der Waals surface area contributed by atoms with Gasteiger partial charge in [0.05, 0.1) is 12.5 Å². The molecule has 3 aromatic rings. The number of aromatic nitrogens is 1. The van der Waals surface area contributed by atoms with E-state index >= 15 is 0 Å². The predicted octanol–water partition coefficient (Wildman–Crippen LogP) is -4.19. The van der Waals surface area contributed by atoms with Crippen LogP contribution < -0.4 is 88.0 Å². The highest BCUT2D eigenvalue weighted by atomic mass is 32.2. The Balaban J connectivity index is 1.96. The molecule has 84 heavy (non-hydrogen) atoms. The predicted molar refractivity (Wildman–Crippen MR) is 321 cm³/mol. The van der Waals surface area contributed by atoms with Crippen LogP contribution in [0.1, 0.15) is 81.8 Å². The van der Waals surface area contributed by atoms with Gasteiger partial charge in [0.15, 0.2) is 11.9 Å². The zero-order valence-electron chi connectivity index (χ0n) is 47.8. The molecule has 0 aliphatic rings. The second kappa shape index (κ2) is 37.6. The second-order valence-corrected chi connectivity index (χ2v) is 20.8. The fourth-order valence-corrected chi connectivity index (χ4v) is 9.23. The maximum atomic E-state index is 14.4. The Labute approximate surface area is 492 Å². The molecule has 30 heteroatoms. The average Bonchev–Trinajstić information content (AvgIpc) is 3.92. The molecule has 2 aromatic carbocycles. The number of fused-ring (bicyclic) bond motifs is 1.